The number of allylic oxidation sites excluding steroid dienone is 2. The molecule has 0 bridgehead atoms. The van der Waals surface area contributed by atoms with E-state index in [4.69, 9.17) is 5.14 Å². The lowest BCUT2D eigenvalue weighted by Gasteiger charge is -2.28. The number of aromatic nitrogens is 4. The molecule has 0 radical (unpaired) electrons. The molecule has 0 spiro atoms. The number of hydrogen-bond donors (Lipinski definition) is 3. The summed E-state index contributed by atoms with van der Waals surface area (Å²) in [5.74, 6) is -0.00529. The van der Waals surface area contributed by atoms with Crippen LogP contribution in [0.1, 0.15) is 31.2 Å². The Morgan fingerprint density at radius 3 is 2.43 bits per heavy atom. The highest BCUT2D eigenvalue weighted by atomic mass is 32.2. The van der Waals surface area contributed by atoms with Crippen LogP contribution >= 0.6 is 0 Å². The van der Waals surface area contributed by atoms with E-state index in [1.165, 1.54) is 6.07 Å². The lowest BCUT2D eigenvalue weighted by atomic mass is 9.90. The van der Waals surface area contributed by atoms with Crippen molar-refractivity contribution in [1.29, 1.82) is 0 Å². The van der Waals surface area contributed by atoms with Gasteiger partial charge in [0.15, 0.2) is 9.84 Å². The van der Waals surface area contributed by atoms with Crippen LogP contribution < -0.4 is 10.5 Å². The number of sulfone groups is 1. The average Bonchev–Trinajstić information content (AvgIpc) is 3.13. The summed E-state index contributed by atoms with van der Waals surface area (Å²) in [7, 11) is -8.30. The minimum absolute atomic E-state index is 0.00529. The Labute approximate surface area is 162 Å². The lowest BCUT2D eigenvalue weighted by Crippen LogP contribution is -2.51. The smallest absolute Gasteiger partial charge is 0.240 e. The van der Waals surface area contributed by atoms with Gasteiger partial charge in [-0.15, -0.1) is 10.2 Å². The van der Waals surface area contributed by atoms with E-state index < -0.39 is 30.0 Å². The Morgan fingerprint density at radius 2 is 1.89 bits per heavy atom. The first-order valence-corrected chi connectivity index (χ1v) is 12.0. The second-order valence-corrected chi connectivity index (χ2v) is 10.6. The minimum atomic E-state index is -4.40. The molecule has 0 atom stereocenters. The van der Waals surface area contributed by atoms with Crippen molar-refractivity contribution in [2.45, 2.75) is 40.7 Å². The van der Waals surface area contributed by atoms with Gasteiger partial charge in [0.25, 0.3) is 0 Å². The summed E-state index contributed by atoms with van der Waals surface area (Å²) in [5.41, 5.74) is 1.57. The summed E-state index contributed by atoms with van der Waals surface area (Å²) in [5, 5.41) is 21.3. The van der Waals surface area contributed by atoms with Gasteiger partial charge in [0, 0.05) is 13.1 Å². The van der Waals surface area contributed by atoms with Crippen LogP contribution in [0.5, 0.6) is 0 Å². The maximum absolute atomic E-state index is 13.1. The monoisotopic (exact) mass is 424 g/mol. The summed E-state index contributed by atoms with van der Waals surface area (Å²) >= 11 is 0. The Bertz CT molecular complexity index is 1140. The van der Waals surface area contributed by atoms with E-state index in [1.54, 1.807) is 6.07 Å². The maximum atomic E-state index is 13.1. The zero-order valence-electron chi connectivity index (χ0n) is 14.9. The molecule has 0 saturated carbocycles. The second-order valence-electron chi connectivity index (χ2n) is 6.90. The number of nitrogens with zero attached hydrogens (tertiary/aromatic N) is 3. The van der Waals surface area contributed by atoms with E-state index >= 15 is 0 Å². The molecule has 4 rings (SSSR count). The number of sulfonamides is 1. The minimum Gasteiger partial charge on any atom is -0.314 e. The first kappa shape index (κ1) is 19.2. The second kappa shape index (κ2) is 7.03. The van der Waals surface area contributed by atoms with Gasteiger partial charge in [0.05, 0.1) is 15.7 Å². The van der Waals surface area contributed by atoms with Gasteiger partial charge < -0.3 is 5.32 Å². The van der Waals surface area contributed by atoms with E-state index in [0.29, 0.717) is 5.56 Å². The number of nitrogens with one attached hydrogen (secondary N) is 2. The number of aromatic amines is 1. The number of H-pyrrole nitrogens is 1. The maximum Gasteiger partial charge on any atom is 0.240 e. The predicted octanol–water partition coefficient (Wildman–Crippen LogP) is 0.217. The number of tetrazole rings is 1. The van der Waals surface area contributed by atoms with Crippen LogP contribution in [0.3, 0.4) is 0 Å². The van der Waals surface area contributed by atoms with Crippen molar-refractivity contribution in [3.8, 4) is 11.4 Å². The highest BCUT2D eigenvalue weighted by Gasteiger charge is 2.38. The van der Waals surface area contributed by atoms with Crippen LogP contribution in [0.25, 0.3) is 17.0 Å². The zero-order chi connectivity index (χ0) is 19.9. The van der Waals surface area contributed by atoms with Crippen LogP contribution in [0.15, 0.2) is 28.0 Å². The quantitative estimate of drug-likeness (QED) is 0.614. The van der Waals surface area contributed by atoms with Crippen LogP contribution in [-0.2, 0) is 19.9 Å². The molecule has 4 N–H and O–H groups in total. The lowest BCUT2D eigenvalue weighted by molar-refractivity contribution is 0.493. The summed E-state index contributed by atoms with van der Waals surface area (Å²) in [6.45, 7) is 0.522. The molecule has 1 aliphatic heterocycles. The van der Waals surface area contributed by atoms with Crippen molar-refractivity contribution in [3.63, 3.8) is 0 Å². The third kappa shape index (κ3) is 3.26. The molecule has 1 aromatic heterocycles. The van der Waals surface area contributed by atoms with Gasteiger partial charge in [0.2, 0.25) is 15.8 Å². The van der Waals surface area contributed by atoms with Crippen LogP contribution in [0, 0.1) is 0 Å². The largest absolute Gasteiger partial charge is 0.314 e. The molecule has 12 heteroatoms. The van der Waals surface area contributed by atoms with Gasteiger partial charge in [0.1, 0.15) is 4.90 Å². The molecule has 2 aliphatic rings. The SMILES string of the molecule is NS(=O)(=O)c1c(S(=O)(=O)C2CNC2)ccc(C2=CCCCC2)c1-c1nn[nH]n1. The molecule has 150 valence electrons. The van der Waals surface area contributed by atoms with Gasteiger partial charge in [-0.3, -0.25) is 0 Å². The van der Waals surface area contributed by atoms with E-state index in [1.807, 2.05) is 6.08 Å². The number of hydrogen-bond acceptors (Lipinski definition) is 8. The summed E-state index contributed by atoms with van der Waals surface area (Å²) < 4.78 is 51.2. The van der Waals surface area contributed by atoms with Crippen LogP contribution in [0.4, 0.5) is 0 Å². The molecule has 2 heterocycles. The Balaban J connectivity index is 2.05. The Hall–Kier alpha value is -2.15. The van der Waals surface area contributed by atoms with Gasteiger partial charge in [-0.2, -0.15) is 5.21 Å². The fraction of sp³-hybridized carbons (Fsp3) is 0.438. The predicted molar refractivity (Wildman–Crippen MR) is 101 cm³/mol. The van der Waals surface area contributed by atoms with Gasteiger partial charge >= 0.3 is 0 Å². The average molecular weight is 425 g/mol. The van der Waals surface area contributed by atoms with E-state index in [0.717, 1.165) is 31.3 Å². The molecule has 2 aromatic rings. The fourth-order valence-electron chi connectivity index (χ4n) is 3.57. The fourth-order valence-corrected chi connectivity index (χ4v) is 6.75. The Morgan fingerprint density at radius 1 is 1.11 bits per heavy atom. The molecule has 0 amide bonds. The number of primary sulfonamides is 1. The molecular weight excluding hydrogens is 404 g/mol. The van der Waals surface area contributed by atoms with Crippen molar-refractivity contribution >= 4 is 25.4 Å². The van der Waals surface area contributed by atoms with Crippen molar-refractivity contribution in [2.75, 3.05) is 13.1 Å². The van der Waals surface area contributed by atoms with Crippen molar-refractivity contribution in [1.82, 2.24) is 25.9 Å². The number of benzene rings is 1. The molecule has 10 nitrogen and oxygen atoms in total. The molecule has 1 aromatic carbocycles. The van der Waals surface area contributed by atoms with Crippen LogP contribution in [0.2, 0.25) is 0 Å². The van der Waals surface area contributed by atoms with Gasteiger partial charge in [-0.25, -0.2) is 22.0 Å². The third-order valence-corrected chi connectivity index (χ3v) is 8.39. The summed E-state index contributed by atoms with van der Waals surface area (Å²) in [6.07, 6.45) is 5.63. The topological polar surface area (TPSA) is 161 Å². The third-order valence-electron chi connectivity index (χ3n) is 5.10. The normalized spacial score (nSPS) is 18.5. The van der Waals surface area contributed by atoms with E-state index in [2.05, 4.69) is 25.9 Å². The summed E-state index contributed by atoms with van der Waals surface area (Å²) in [6, 6.07) is 2.96. The summed E-state index contributed by atoms with van der Waals surface area (Å²) in [4.78, 5) is -0.786. The van der Waals surface area contributed by atoms with E-state index in [9.17, 15) is 16.8 Å². The van der Waals surface area contributed by atoms with Crippen LogP contribution in [-0.4, -0.2) is 55.8 Å². The molecular formula is C16H20N6O4S2. The highest BCUT2D eigenvalue weighted by molar-refractivity contribution is 7.94. The number of nitrogens with two attached hydrogens (primary N) is 1. The molecule has 1 saturated heterocycles. The van der Waals surface area contributed by atoms with Crippen molar-refractivity contribution < 1.29 is 16.8 Å². The Kier molecular flexibility index (Phi) is 4.81. The van der Waals surface area contributed by atoms with E-state index in [-0.39, 0.29) is 29.4 Å². The first-order chi connectivity index (χ1) is 13.3. The van der Waals surface area contributed by atoms with Crippen molar-refractivity contribution in [3.05, 3.63) is 23.8 Å². The molecule has 0 unspecified atom stereocenters. The van der Waals surface area contributed by atoms with Gasteiger partial charge in [-0.05, 0) is 48.1 Å². The molecule has 1 fully saturated rings. The molecule has 28 heavy (non-hydrogen) atoms. The number of rotatable bonds is 5. The standard InChI is InChI=1S/C16H20N6O4S2/c17-28(25,26)15-13(27(23,24)11-8-18-9-11)7-6-12(10-4-2-1-3-5-10)14(15)16-19-21-22-20-16/h4,6-7,11,18H,1-3,5,8-9H2,(H2,17,25,26)(H,19,20,21,22). The van der Waals surface area contributed by atoms with Gasteiger partial charge in [-0.1, -0.05) is 12.1 Å². The zero-order valence-corrected chi connectivity index (χ0v) is 16.6. The highest BCUT2D eigenvalue weighted by Crippen LogP contribution is 2.40. The first-order valence-electron chi connectivity index (χ1n) is 8.88. The van der Waals surface area contributed by atoms with Crippen molar-refractivity contribution in [2.24, 2.45) is 5.14 Å². The molecule has 1 aliphatic carbocycles.